The van der Waals surface area contributed by atoms with Gasteiger partial charge in [0.25, 0.3) is 0 Å². The van der Waals surface area contributed by atoms with Gasteiger partial charge < -0.3 is 20.2 Å². The molecule has 0 saturated carbocycles. The van der Waals surface area contributed by atoms with Crippen molar-refractivity contribution in [3.05, 3.63) is 108 Å². The number of hydrogen-bond acceptors (Lipinski definition) is 4. The van der Waals surface area contributed by atoms with E-state index in [0.717, 1.165) is 24.3 Å². The van der Waals surface area contributed by atoms with Gasteiger partial charge in [0.1, 0.15) is 6.29 Å². The summed E-state index contributed by atoms with van der Waals surface area (Å²) in [5.41, 5.74) is 2.05. The maximum atomic E-state index is 12.8. The van der Waals surface area contributed by atoms with Gasteiger partial charge in [-0.05, 0) is 30.4 Å². The van der Waals surface area contributed by atoms with Gasteiger partial charge in [-0.25, -0.2) is 8.78 Å². The first-order valence-corrected chi connectivity index (χ1v) is 9.20. The van der Waals surface area contributed by atoms with Crippen LogP contribution in [0.5, 0.6) is 0 Å². The van der Waals surface area contributed by atoms with Gasteiger partial charge >= 0.3 is 0 Å². The van der Waals surface area contributed by atoms with Crippen molar-refractivity contribution in [1.29, 1.82) is 0 Å². The van der Waals surface area contributed by atoms with Gasteiger partial charge in [-0.15, -0.1) is 47.5 Å². The molecule has 175 valence electrons. The maximum absolute atomic E-state index is 12.8. The molecule has 2 heterocycles. The van der Waals surface area contributed by atoms with Crippen LogP contribution >= 0.6 is 0 Å². The Hall–Kier alpha value is -2.97. The number of rotatable bonds is 2. The Balaban J connectivity index is 0.000000278. The number of benzene rings is 2. The van der Waals surface area contributed by atoms with Gasteiger partial charge in [0.05, 0.1) is 23.3 Å². The molecule has 0 atom stereocenters. The fourth-order valence-corrected chi connectivity index (χ4v) is 2.23. The predicted molar refractivity (Wildman–Crippen MR) is 111 cm³/mol. The fraction of sp³-hybridized carbons (Fsp3) is 0.0833. The zero-order valence-electron chi connectivity index (χ0n) is 17.1. The Morgan fingerprint density at radius 2 is 1.06 bits per heavy atom. The standard InChI is InChI=1S/2C11H6F2N.C2H6O2.Ir/c2*12-9-5-4-8(7-10(9)13)11-3-1-2-6-14-11;1-2(3)4;/h2*1-3,5-7H;2-4H,1H3;/q2*-1;;. The van der Waals surface area contributed by atoms with Gasteiger partial charge in [0.2, 0.25) is 0 Å². The van der Waals surface area contributed by atoms with E-state index >= 15 is 0 Å². The number of halogens is 4. The maximum Gasteiger partial charge on any atom is 0.148 e. The Labute approximate surface area is 202 Å². The van der Waals surface area contributed by atoms with Crippen molar-refractivity contribution in [2.24, 2.45) is 0 Å². The van der Waals surface area contributed by atoms with Crippen molar-refractivity contribution in [2.45, 2.75) is 13.2 Å². The molecule has 33 heavy (non-hydrogen) atoms. The van der Waals surface area contributed by atoms with Crippen molar-refractivity contribution >= 4 is 0 Å². The third kappa shape index (κ3) is 9.59. The molecule has 0 bridgehead atoms. The van der Waals surface area contributed by atoms with Crippen LogP contribution in [-0.4, -0.2) is 26.5 Å². The number of hydrogen-bond donors (Lipinski definition) is 2. The monoisotopic (exact) mass is 635 g/mol. The summed E-state index contributed by atoms with van der Waals surface area (Å²) >= 11 is 0. The zero-order chi connectivity index (χ0) is 23.5. The van der Waals surface area contributed by atoms with E-state index in [2.05, 4.69) is 22.1 Å². The Morgan fingerprint density at radius 1 is 0.697 bits per heavy atom. The third-order valence-electron chi connectivity index (χ3n) is 3.59. The third-order valence-corrected chi connectivity index (χ3v) is 3.59. The van der Waals surface area contributed by atoms with Crippen LogP contribution < -0.4 is 0 Å². The van der Waals surface area contributed by atoms with E-state index in [0.29, 0.717) is 22.5 Å². The summed E-state index contributed by atoms with van der Waals surface area (Å²) in [6.45, 7) is 1.28. The fourth-order valence-electron chi connectivity index (χ4n) is 2.23. The minimum absolute atomic E-state index is 0. The smallest absolute Gasteiger partial charge is 0.148 e. The number of aromatic nitrogens is 2. The molecule has 4 rings (SSSR count). The summed E-state index contributed by atoms with van der Waals surface area (Å²) in [6, 6.07) is 19.8. The molecule has 0 amide bonds. The van der Waals surface area contributed by atoms with Crippen molar-refractivity contribution in [3.8, 4) is 22.5 Å². The van der Waals surface area contributed by atoms with Crippen LogP contribution in [0.1, 0.15) is 6.92 Å². The van der Waals surface area contributed by atoms with Crippen LogP contribution in [0.15, 0.2) is 73.1 Å². The first kappa shape index (κ1) is 28.1. The molecule has 0 aliphatic heterocycles. The topological polar surface area (TPSA) is 66.2 Å². The molecule has 0 unspecified atom stereocenters. The first-order valence-electron chi connectivity index (χ1n) is 9.20. The number of pyridine rings is 2. The minimum Gasteiger partial charge on any atom is -0.368 e. The summed E-state index contributed by atoms with van der Waals surface area (Å²) in [5.74, 6) is -3.57. The van der Waals surface area contributed by atoms with E-state index in [4.69, 9.17) is 10.2 Å². The quantitative estimate of drug-likeness (QED) is 0.186. The number of aliphatic hydroxyl groups excluding tert-OH is 1. The van der Waals surface area contributed by atoms with Crippen molar-refractivity contribution in [2.75, 3.05) is 0 Å². The van der Waals surface area contributed by atoms with Crippen molar-refractivity contribution < 1.29 is 47.9 Å². The summed E-state index contributed by atoms with van der Waals surface area (Å²) in [7, 11) is 0. The molecular weight excluding hydrogens is 616 g/mol. The Bertz CT molecular complexity index is 1030. The van der Waals surface area contributed by atoms with Gasteiger partial charge in [0, 0.05) is 32.5 Å². The van der Waals surface area contributed by atoms with E-state index in [9.17, 15) is 17.6 Å². The van der Waals surface area contributed by atoms with Gasteiger partial charge in [-0.3, -0.25) is 8.78 Å². The molecule has 9 heteroatoms. The molecule has 4 aromatic rings. The summed E-state index contributed by atoms with van der Waals surface area (Å²) < 4.78 is 50.9. The van der Waals surface area contributed by atoms with Crippen molar-refractivity contribution in [3.63, 3.8) is 0 Å². The molecular formula is C24H18F4IrN2O2-2. The normalized spacial score (nSPS) is 9.70. The van der Waals surface area contributed by atoms with E-state index in [1.54, 1.807) is 48.8 Å². The number of nitrogens with zero attached hydrogens (tertiary/aromatic N) is 2. The molecule has 2 aromatic heterocycles. The number of aliphatic hydroxyl groups is 2. The Morgan fingerprint density at radius 3 is 1.33 bits per heavy atom. The Kier molecular flexibility index (Phi) is 12.1. The second-order valence-corrected chi connectivity index (χ2v) is 6.15. The summed E-state index contributed by atoms with van der Waals surface area (Å²) in [4.78, 5) is 8.00. The average Bonchev–Trinajstić information content (AvgIpc) is 2.79. The van der Waals surface area contributed by atoms with Crippen LogP contribution in [0.4, 0.5) is 17.6 Å². The largest absolute Gasteiger partial charge is 0.368 e. The SMILES string of the molecule is CC(O)O.Fc1c[c-]c(-c2ccccn2)cc1F.Fc1c[c-]c(-c2ccccn2)cc1F.[Ir]. The van der Waals surface area contributed by atoms with Crippen LogP contribution in [0, 0.1) is 35.4 Å². The summed E-state index contributed by atoms with van der Waals surface area (Å²) in [6.07, 6.45) is 2.01. The van der Waals surface area contributed by atoms with Gasteiger partial charge in [-0.1, -0.05) is 24.3 Å². The summed E-state index contributed by atoms with van der Waals surface area (Å²) in [5, 5.41) is 15.2. The van der Waals surface area contributed by atoms with E-state index in [-0.39, 0.29) is 20.1 Å². The molecule has 0 aliphatic rings. The molecule has 2 aromatic carbocycles. The average molecular weight is 635 g/mol. The zero-order valence-corrected chi connectivity index (χ0v) is 19.5. The van der Waals surface area contributed by atoms with Crippen LogP contribution in [-0.2, 0) is 20.1 Å². The van der Waals surface area contributed by atoms with E-state index in [1.165, 1.54) is 6.92 Å². The van der Waals surface area contributed by atoms with Crippen molar-refractivity contribution in [1.82, 2.24) is 9.97 Å². The second kappa shape index (κ2) is 14.2. The predicted octanol–water partition coefficient (Wildman–Crippen LogP) is 4.97. The molecule has 4 nitrogen and oxygen atoms in total. The molecule has 0 fully saturated rings. The molecule has 0 spiro atoms. The first-order chi connectivity index (χ1) is 15.3. The van der Waals surface area contributed by atoms with Crippen LogP contribution in [0.2, 0.25) is 0 Å². The van der Waals surface area contributed by atoms with Crippen LogP contribution in [0.25, 0.3) is 22.5 Å². The van der Waals surface area contributed by atoms with E-state index < -0.39 is 29.6 Å². The van der Waals surface area contributed by atoms with Gasteiger partial charge in [0.15, 0.2) is 0 Å². The van der Waals surface area contributed by atoms with E-state index in [1.807, 2.05) is 0 Å². The van der Waals surface area contributed by atoms with Gasteiger partial charge in [-0.2, -0.15) is 0 Å². The second-order valence-electron chi connectivity index (χ2n) is 6.15. The minimum atomic E-state index is -1.17. The molecule has 0 saturated heterocycles. The molecule has 1 radical (unpaired) electrons. The molecule has 2 N–H and O–H groups in total. The van der Waals surface area contributed by atoms with Crippen LogP contribution in [0.3, 0.4) is 0 Å². The molecule has 0 aliphatic carbocycles.